The standard InChI is InChI=1S/C28H24ClNO5/c1-19-16-28(32)35-26-18-24(11-12-25(19)26)34-15-3-14-33-23-9-6-20(7-10-23)8-13-27(31)30-22-5-2-4-21(29)17-22/h2,4-13,16-18H,3,14-15H2,1H3,(H,30,31)/b13-8+. The van der Waals surface area contributed by atoms with Crippen LogP contribution in [-0.2, 0) is 4.79 Å². The van der Waals surface area contributed by atoms with Gasteiger partial charge in [0.15, 0.2) is 0 Å². The summed E-state index contributed by atoms with van der Waals surface area (Å²) in [4.78, 5) is 23.6. The molecule has 0 aliphatic rings. The third-order valence-corrected chi connectivity index (χ3v) is 5.38. The van der Waals surface area contributed by atoms with Crippen molar-refractivity contribution in [3.63, 3.8) is 0 Å². The second kappa shape index (κ2) is 11.4. The number of carbonyl (C=O) groups is 1. The minimum absolute atomic E-state index is 0.240. The fraction of sp³-hybridized carbons (Fsp3) is 0.143. The molecule has 0 bridgehead atoms. The molecule has 1 amide bonds. The van der Waals surface area contributed by atoms with Crippen LogP contribution in [0.5, 0.6) is 11.5 Å². The maximum Gasteiger partial charge on any atom is 0.336 e. The van der Waals surface area contributed by atoms with E-state index in [0.717, 1.165) is 22.3 Å². The first kappa shape index (κ1) is 24.1. The molecule has 7 heteroatoms. The van der Waals surface area contributed by atoms with Gasteiger partial charge in [-0.3, -0.25) is 4.79 Å². The van der Waals surface area contributed by atoms with Gasteiger partial charge in [0, 0.05) is 40.7 Å². The molecule has 0 saturated carbocycles. The number of rotatable bonds is 9. The lowest BCUT2D eigenvalue weighted by molar-refractivity contribution is -0.111. The summed E-state index contributed by atoms with van der Waals surface area (Å²) in [5.41, 5.74) is 2.53. The van der Waals surface area contributed by atoms with Crippen LogP contribution in [-0.4, -0.2) is 19.1 Å². The van der Waals surface area contributed by atoms with E-state index in [1.165, 1.54) is 12.1 Å². The third-order valence-electron chi connectivity index (χ3n) is 5.15. The molecule has 0 atom stereocenters. The van der Waals surface area contributed by atoms with E-state index in [1.807, 2.05) is 43.3 Å². The molecule has 4 aromatic rings. The SMILES string of the molecule is Cc1cc(=O)oc2cc(OCCCOc3ccc(/C=C/C(=O)Nc4cccc(Cl)c4)cc3)ccc12. The quantitative estimate of drug-likeness (QED) is 0.171. The molecule has 0 radical (unpaired) electrons. The molecule has 1 N–H and O–H groups in total. The molecule has 0 saturated heterocycles. The highest BCUT2D eigenvalue weighted by Gasteiger charge is 2.04. The minimum atomic E-state index is -0.372. The van der Waals surface area contributed by atoms with Gasteiger partial charge in [0.1, 0.15) is 17.1 Å². The van der Waals surface area contributed by atoms with Crippen LogP contribution in [0.1, 0.15) is 17.5 Å². The Hall–Kier alpha value is -4.03. The van der Waals surface area contributed by atoms with Gasteiger partial charge >= 0.3 is 5.63 Å². The molecular weight excluding hydrogens is 466 g/mol. The van der Waals surface area contributed by atoms with Crippen LogP contribution < -0.4 is 20.4 Å². The highest BCUT2D eigenvalue weighted by molar-refractivity contribution is 6.30. The van der Waals surface area contributed by atoms with Crippen LogP contribution >= 0.6 is 11.6 Å². The molecule has 0 unspecified atom stereocenters. The van der Waals surface area contributed by atoms with Gasteiger partial charge in [0.05, 0.1) is 13.2 Å². The van der Waals surface area contributed by atoms with Gasteiger partial charge in [-0.25, -0.2) is 4.79 Å². The maximum atomic E-state index is 12.1. The van der Waals surface area contributed by atoms with E-state index in [9.17, 15) is 9.59 Å². The van der Waals surface area contributed by atoms with E-state index in [4.69, 9.17) is 25.5 Å². The van der Waals surface area contributed by atoms with Crippen molar-refractivity contribution < 1.29 is 18.7 Å². The van der Waals surface area contributed by atoms with Crippen molar-refractivity contribution in [2.75, 3.05) is 18.5 Å². The summed E-state index contributed by atoms with van der Waals surface area (Å²) in [6.45, 7) is 2.82. The van der Waals surface area contributed by atoms with Crippen LogP contribution in [0, 0.1) is 6.92 Å². The molecular formula is C28H24ClNO5. The van der Waals surface area contributed by atoms with Crippen molar-refractivity contribution in [1.82, 2.24) is 0 Å². The summed E-state index contributed by atoms with van der Waals surface area (Å²) in [5.74, 6) is 1.13. The van der Waals surface area contributed by atoms with Gasteiger partial charge < -0.3 is 19.2 Å². The van der Waals surface area contributed by atoms with Gasteiger partial charge in [-0.2, -0.15) is 0 Å². The number of carbonyl (C=O) groups excluding carboxylic acids is 1. The average molecular weight is 490 g/mol. The molecule has 6 nitrogen and oxygen atoms in total. The van der Waals surface area contributed by atoms with Gasteiger partial charge in [0.2, 0.25) is 5.91 Å². The summed E-state index contributed by atoms with van der Waals surface area (Å²) < 4.78 is 16.8. The van der Waals surface area contributed by atoms with E-state index >= 15 is 0 Å². The first-order valence-electron chi connectivity index (χ1n) is 11.1. The molecule has 178 valence electrons. The van der Waals surface area contributed by atoms with Crippen molar-refractivity contribution >= 4 is 40.2 Å². The summed E-state index contributed by atoms with van der Waals surface area (Å²) >= 11 is 5.93. The first-order valence-corrected chi connectivity index (χ1v) is 11.5. The monoisotopic (exact) mass is 489 g/mol. The Kier molecular flexibility index (Phi) is 7.85. The van der Waals surface area contributed by atoms with Crippen LogP contribution in [0.2, 0.25) is 5.02 Å². The lowest BCUT2D eigenvalue weighted by Gasteiger charge is -2.09. The molecule has 3 aromatic carbocycles. The van der Waals surface area contributed by atoms with E-state index in [1.54, 1.807) is 36.4 Å². The summed E-state index contributed by atoms with van der Waals surface area (Å²) in [6.07, 6.45) is 3.87. The number of halogens is 1. The third kappa shape index (κ3) is 6.98. The van der Waals surface area contributed by atoms with E-state index < -0.39 is 0 Å². The molecule has 1 aromatic heterocycles. The zero-order valence-electron chi connectivity index (χ0n) is 19.1. The Morgan fingerprint density at radius 2 is 1.71 bits per heavy atom. The Labute approximate surface area is 207 Å². The van der Waals surface area contributed by atoms with Gasteiger partial charge in [-0.1, -0.05) is 29.8 Å². The Balaban J connectivity index is 1.20. The number of hydrogen-bond acceptors (Lipinski definition) is 5. The van der Waals surface area contributed by atoms with Crippen LogP contribution in [0.25, 0.3) is 17.0 Å². The molecule has 0 fully saturated rings. The second-order valence-corrected chi connectivity index (χ2v) is 8.30. The predicted molar refractivity (Wildman–Crippen MR) is 138 cm³/mol. The predicted octanol–water partition coefficient (Wildman–Crippen LogP) is 6.25. The molecule has 1 heterocycles. The van der Waals surface area contributed by atoms with Crippen molar-refractivity contribution in [2.24, 2.45) is 0 Å². The van der Waals surface area contributed by atoms with Gasteiger partial charge in [-0.15, -0.1) is 0 Å². The number of anilines is 1. The van der Waals surface area contributed by atoms with E-state index in [2.05, 4.69) is 5.32 Å². The second-order valence-electron chi connectivity index (χ2n) is 7.86. The first-order chi connectivity index (χ1) is 17.0. The number of aryl methyl sites for hydroxylation is 1. The van der Waals surface area contributed by atoms with Crippen molar-refractivity contribution in [3.8, 4) is 11.5 Å². The van der Waals surface area contributed by atoms with Crippen LogP contribution in [0.3, 0.4) is 0 Å². The molecule has 4 rings (SSSR count). The van der Waals surface area contributed by atoms with Crippen LogP contribution in [0.15, 0.2) is 88.1 Å². The number of benzene rings is 3. The number of hydrogen-bond donors (Lipinski definition) is 1. The number of nitrogens with one attached hydrogen (secondary N) is 1. The molecule has 0 aliphatic carbocycles. The van der Waals surface area contributed by atoms with Crippen LogP contribution in [0.4, 0.5) is 5.69 Å². The van der Waals surface area contributed by atoms with Gasteiger partial charge in [-0.05, 0) is 66.6 Å². The Morgan fingerprint density at radius 3 is 2.49 bits per heavy atom. The van der Waals surface area contributed by atoms with Crippen molar-refractivity contribution in [2.45, 2.75) is 13.3 Å². The minimum Gasteiger partial charge on any atom is -0.493 e. The van der Waals surface area contributed by atoms with E-state index in [0.29, 0.717) is 41.7 Å². The molecule has 0 spiro atoms. The Morgan fingerprint density at radius 1 is 0.971 bits per heavy atom. The molecule has 35 heavy (non-hydrogen) atoms. The lowest BCUT2D eigenvalue weighted by Crippen LogP contribution is -2.07. The zero-order valence-corrected chi connectivity index (χ0v) is 19.9. The van der Waals surface area contributed by atoms with Gasteiger partial charge in [0.25, 0.3) is 0 Å². The lowest BCUT2D eigenvalue weighted by atomic mass is 10.1. The molecule has 0 aliphatic heterocycles. The summed E-state index contributed by atoms with van der Waals surface area (Å²) in [5, 5.41) is 4.22. The smallest absolute Gasteiger partial charge is 0.336 e. The van der Waals surface area contributed by atoms with E-state index in [-0.39, 0.29) is 11.5 Å². The Bertz CT molecular complexity index is 1410. The fourth-order valence-electron chi connectivity index (χ4n) is 3.43. The van der Waals surface area contributed by atoms with Crippen molar-refractivity contribution in [3.05, 3.63) is 105 Å². The summed E-state index contributed by atoms with van der Waals surface area (Å²) in [7, 11) is 0. The normalized spacial score (nSPS) is 11.0. The highest BCUT2D eigenvalue weighted by atomic mass is 35.5. The maximum absolute atomic E-state index is 12.1. The van der Waals surface area contributed by atoms with Crippen molar-refractivity contribution in [1.29, 1.82) is 0 Å². The summed E-state index contributed by atoms with van der Waals surface area (Å²) in [6, 6.07) is 21.4. The highest BCUT2D eigenvalue weighted by Crippen LogP contribution is 2.22. The number of ether oxygens (including phenoxy) is 2. The average Bonchev–Trinajstić information content (AvgIpc) is 2.83. The zero-order chi connectivity index (χ0) is 24.6. The topological polar surface area (TPSA) is 77.8 Å². The number of fused-ring (bicyclic) bond motifs is 1. The fourth-order valence-corrected chi connectivity index (χ4v) is 3.62. The largest absolute Gasteiger partial charge is 0.493 e. The number of amides is 1.